The van der Waals surface area contributed by atoms with Gasteiger partial charge in [-0.05, 0) is 12.8 Å². The van der Waals surface area contributed by atoms with Gasteiger partial charge in [-0.25, -0.2) is 0 Å². The second-order valence-corrected chi connectivity index (χ2v) is 13.6. The number of rotatable bonds is 38. The van der Waals surface area contributed by atoms with Crippen LogP contribution in [0.3, 0.4) is 0 Å². The lowest BCUT2D eigenvalue weighted by Crippen LogP contribution is -1.97. The molecule has 0 fully saturated rings. The van der Waals surface area contributed by atoms with Crippen LogP contribution in [-0.4, -0.2) is 13.2 Å². The minimum atomic E-state index is 0.998. The third kappa shape index (κ3) is 40.0. The molecule has 0 aliphatic rings. The van der Waals surface area contributed by atoms with Gasteiger partial charge in [0.2, 0.25) is 0 Å². The Kier molecular flexibility index (Phi) is 39.9. The van der Waals surface area contributed by atoms with Crippen molar-refractivity contribution in [1.82, 2.24) is 0 Å². The summed E-state index contributed by atoms with van der Waals surface area (Å²) >= 11 is 0. The third-order valence-corrected chi connectivity index (χ3v) is 9.28. The zero-order chi connectivity index (χ0) is 29.6. The molecule has 0 spiro atoms. The minimum Gasteiger partial charge on any atom is -0.381 e. The van der Waals surface area contributed by atoms with Crippen molar-refractivity contribution >= 4 is 0 Å². The summed E-state index contributed by atoms with van der Waals surface area (Å²) in [7, 11) is 0. The topological polar surface area (TPSA) is 9.23 Å². The molecule has 0 aliphatic carbocycles. The van der Waals surface area contributed by atoms with Gasteiger partial charge in [0.25, 0.3) is 0 Å². The highest BCUT2D eigenvalue weighted by Gasteiger charge is 1.97. The fourth-order valence-electron chi connectivity index (χ4n) is 6.31. The van der Waals surface area contributed by atoms with E-state index in [-0.39, 0.29) is 0 Å². The third-order valence-electron chi connectivity index (χ3n) is 9.28. The maximum Gasteiger partial charge on any atom is 0.0466 e. The van der Waals surface area contributed by atoms with Gasteiger partial charge in [-0.1, -0.05) is 232 Å². The molecule has 0 rings (SSSR count). The van der Waals surface area contributed by atoms with Crippen molar-refractivity contribution in [2.24, 2.45) is 0 Å². The van der Waals surface area contributed by atoms with E-state index >= 15 is 0 Å². The molecular formula is C40H82O. The smallest absolute Gasteiger partial charge is 0.0466 e. The molecular weight excluding hydrogens is 496 g/mol. The average Bonchev–Trinajstić information content (AvgIpc) is 2.98. The van der Waals surface area contributed by atoms with Crippen LogP contribution in [-0.2, 0) is 4.74 Å². The van der Waals surface area contributed by atoms with Gasteiger partial charge < -0.3 is 4.74 Å². The molecule has 1 heteroatoms. The molecule has 0 aromatic rings. The van der Waals surface area contributed by atoms with Crippen LogP contribution in [0.2, 0.25) is 0 Å². The molecule has 0 unspecified atom stereocenters. The van der Waals surface area contributed by atoms with Crippen molar-refractivity contribution in [3.05, 3.63) is 0 Å². The Hall–Kier alpha value is -0.0400. The van der Waals surface area contributed by atoms with E-state index in [4.69, 9.17) is 4.74 Å². The van der Waals surface area contributed by atoms with Crippen LogP contribution in [0.5, 0.6) is 0 Å². The minimum absolute atomic E-state index is 0.998. The predicted molar refractivity (Wildman–Crippen MR) is 188 cm³/mol. The van der Waals surface area contributed by atoms with E-state index in [1.54, 1.807) is 0 Å². The summed E-state index contributed by atoms with van der Waals surface area (Å²) in [6, 6.07) is 0. The Balaban J connectivity index is 3.02. The van der Waals surface area contributed by atoms with Gasteiger partial charge in [0.05, 0.1) is 0 Å². The first kappa shape index (κ1) is 41.0. The molecule has 0 amide bonds. The molecule has 0 atom stereocenters. The van der Waals surface area contributed by atoms with E-state index < -0.39 is 0 Å². The summed E-state index contributed by atoms with van der Waals surface area (Å²) in [6.07, 6.45) is 52.0. The van der Waals surface area contributed by atoms with Crippen LogP contribution >= 0.6 is 0 Å². The van der Waals surface area contributed by atoms with Crippen molar-refractivity contribution < 1.29 is 4.74 Å². The SMILES string of the molecule is CCCCCCCCCCCCCCCCCCCCCCOCCCCCCCCCCCCCCCCCC. The highest BCUT2D eigenvalue weighted by Crippen LogP contribution is 2.16. The first-order chi connectivity index (χ1) is 20.4. The molecule has 248 valence electrons. The monoisotopic (exact) mass is 579 g/mol. The van der Waals surface area contributed by atoms with Gasteiger partial charge in [-0.15, -0.1) is 0 Å². The van der Waals surface area contributed by atoms with E-state index in [2.05, 4.69) is 13.8 Å². The summed E-state index contributed by atoms with van der Waals surface area (Å²) in [4.78, 5) is 0. The maximum absolute atomic E-state index is 5.89. The van der Waals surface area contributed by atoms with E-state index in [1.165, 1.54) is 231 Å². The highest BCUT2D eigenvalue weighted by atomic mass is 16.5. The second kappa shape index (κ2) is 40.0. The largest absolute Gasteiger partial charge is 0.381 e. The lowest BCUT2D eigenvalue weighted by atomic mass is 10.0. The molecule has 0 heterocycles. The zero-order valence-corrected chi connectivity index (χ0v) is 29.3. The van der Waals surface area contributed by atoms with Crippen molar-refractivity contribution in [3.8, 4) is 0 Å². The Bertz CT molecular complexity index is 381. The molecule has 0 aromatic heterocycles. The van der Waals surface area contributed by atoms with Crippen LogP contribution in [0.25, 0.3) is 0 Å². The van der Waals surface area contributed by atoms with Gasteiger partial charge in [0.1, 0.15) is 0 Å². The van der Waals surface area contributed by atoms with Gasteiger partial charge in [0, 0.05) is 13.2 Å². The van der Waals surface area contributed by atoms with Crippen LogP contribution in [0, 0.1) is 0 Å². The lowest BCUT2D eigenvalue weighted by molar-refractivity contribution is 0.125. The van der Waals surface area contributed by atoms with E-state index in [0.29, 0.717) is 0 Å². The molecule has 41 heavy (non-hydrogen) atoms. The highest BCUT2D eigenvalue weighted by molar-refractivity contribution is 4.52. The Morgan fingerprint density at radius 3 is 0.512 bits per heavy atom. The molecule has 0 aliphatic heterocycles. The summed E-state index contributed by atoms with van der Waals surface area (Å²) in [5.41, 5.74) is 0. The average molecular weight is 579 g/mol. The molecule has 0 aromatic carbocycles. The van der Waals surface area contributed by atoms with Crippen LogP contribution in [0.1, 0.15) is 245 Å². The fraction of sp³-hybridized carbons (Fsp3) is 1.00. The van der Waals surface area contributed by atoms with Crippen LogP contribution in [0.15, 0.2) is 0 Å². The fourth-order valence-corrected chi connectivity index (χ4v) is 6.31. The lowest BCUT2D eigenvalue weighted by Gasteiger charge is -2.06. The summed E-state index contributed by atoms with van der Waals surface area (Å²) in [5.74, 6) is 0. The summed E-state index contributed by atoms with van der Waals surface area (Å²) < 4.78 is 5.89. The second-order valence-electron chi connectivity index (χ2n) is 13.6. The van der Waals surface area contributed by atoms with Crippen molar-refractivity contribution in [2.75, 3.05) is 13.2 Å². The van der Waals surface area contributed by atoms with Crippen LogP contribution in [0.4, 0.5) is 0 Å². The van der Waals surface area contributed by atoms with Crippen molar-refractivity contribution in [2.45, 2.75) is 245 Å². The number of hydrogen-bond acceptors (Lipinski definition) is 1. The van der Waals surface area contributed by atoms with Crippen molar-refractivity contribution in [1.29, 1.82) is 0 Å². The summed E-state index contributed by atoms with van der Waals surface area (Å²) in [6.45, 7) is 6.61. The Labute approximate surface area is 262 Å². The number of unbranched alkanes of at least 4 members (excludes halogenated alkanes) is 34. The van der Waals surface area contributed by atoms with E-state index in [1.807, 2.05) is 0 Å². The van der Waals surface area contributed by atoms with Gasteiger partial charge >= 0.3 is 0 Å². The quantitative estimate of drug-likeness (QED) is 0.0662. The molecule has 0 saturated carbocycles. The van der Waals surface area contributed by atoms with E-state index in [9.17, 15) is 0 Å². The molecule has 0 saturated heterocycles. The standard InChI is InChI=1S/C40H82O/c1-3-5-7-9-11-13-15-17-19-21-22-23-24-26-28-30-32-34-36-38-40-41-39-37-35-33-31-29-27-25-20-18-16-14-12-10-8-6-4-2/h3-40H2,1-2H3. The first-order valence-electron chi connectivity index (χ1n) is 20.0. The Morgan fingerprint density at radius 1 is 0.195 bits per heavy atom. The van der Waals surface area contributed by atoms with Gasteiger partial charge in [-0.3, -0.25) is 0 Å². The predicted octanol–water partition coefficient (Wildman–Crippen LogP) is 15.1. The Morgan fingerprint density at radius 2 is 0.341 bits per heavy atom. The van der Waals surface area contributed by atoms with Crippen molar-refractivity contribution in [3.63, 3.8) is 0 Å². The number of hydrogen-bond donors (Lipinski definition) is 0. The van der Waals surface area contributed by atoms with Gasteiger partial charge in [0.15, 0.2) is 0 Å². The van der Waals surface area contributed by atoms with Crippen LogP contribution < -0.4 is 0 Å². The summed E-state index contributed by atoms with van der Waals surface area (Å²) in [5, 5.41) is 0. The molecule has 0 radical (unpaired) electrons. The zero-order valence-electron chi connectivity index (χ0n) is 29.3. The van der Waals surface area contributed by atoms with Gasteiger partial charge in [-0.2, -0.15) is 0 Å². The maximum atomic E-state index is 5.89. The molecule has 0 bridgehead atoms. The normalized spacial score (nSPS) is 11.6. The van der Waals surface area contributed by atoms with E-state index in [0.717, 1.165) is 13.2 Å². The first-order valence-corrected chi connectivity index (χ1v) is 20.0. The number of ether oxygens (including phenoxy) is 1. The molecule has 0 N–H and O–H groups in total. The molecule has 1 nitrogen and oxygen atoms in total.